The largest absolute Gasteiger partial charge is 0.347 e. The Morgan fingerprint density at radius 3 is 2.68 bits per heavy atom. The van der Waals surface area contributed by atoms with Crippen LogP contribution in [0.1, 0.15) is 55.6 Å². The number of nitrogens with one attached hydrogen (secondary N) is 1. The molecule has 0 spiro atoms. The van der Waals surface area contributed by atoms with Gasteiger partial charge in [-0.25, -0.2) is 4.68 Å². The number of rotatable bonds is 8. The number of aromatic nitrogens is 3. The topological polar surface area (TPSA) is 80.1 Å². The van der Waals surface area contributed by atoms with Crippen molar-refractivity contribution in [2.24, 2.45) is 5.92 Å². The summed E-state index contributed by atoms with van der Waals surface area (Å²) in [5.74, 6) is 0.0932. The van der Waals surface area contributed by atoms with Gasteiger partial charge in [-0.3, -0.25) is 9.59 Å². The van der Waals surface area contributed by atoms with Crippen LogP contribution < -0.4 is 5.32 Å². The van der Waals surface area contributed by atoms with Crippen molar-refractivity contribution in [3.63, 3.8) is 0 Å². The minimum atomic E-state index is -0.244. The van der Waals surface area contributed by atoms with Crippen LogP contribution in [0.5, 0.6) is 0 Å². The first-order chi connectivity index (χ1) is 13.6. The maximum Gasteiger partial charge on any atom is 0.273 e. The number of hydrogen-bond acceptors (Lipinski definition) is 4. The van der Waals surface area contributed by atoms with Crippen LogP contribution in [0, 0.1) is 5.92 Å². The molecular weight excluding hydrogens is 354 g/mol. The predicted molar refractivity (Wildman–Crippen MR) is 106 cm³/mol. The van der Waals surface area contributed by atoms with Gasteiger partial charge in [0, 0.05) is 19.0 Å². The number of benzene rings is 1. The van der Waals surface area contributed by atoms with Crippen LogP contribution in [0.25, 0.3) is 0 Å². The third-order valence-electron chi connectivity index (χ3n) is 5.46. The molecule has 1 aromatic carbocycles. The lowest BCUT2D eigenvalue weighted by molar-refractivity contribution is -0.136. The van der Waals surface area contributed by atoms with Crippen molar-refractivity contribution in [2.75, 3.05) is 6.54 Å². The molecule has 0 radical (unpaired) electrons. The fourth-order valence-electron chi connectivity index (χ4n) is 3.76. The number of hydrogen-bond donors (Lipinski definition) is 1. The number of carbonyl (C=O) groups is 2. The van der Waals surface area contributed by atoms with Gasteiger partial charge in [0.2, 0.25) is 5.91 Å². The second-order valence-electron chi connectivity index (χ2n) is 7.34. The van der Waals surface area contributed by atoms with Crippen LogP contribution in [0.15, 0.2) is 36.5 Å². The van der Waals surface area contributed by atoms with Crippen molar-refractivity contribution in [3.8, 4) is 0 Å². The summed E-state index contributed by atoms with van der Waals surface area (Å²) in [4.78, 5) is 27.1. The van der Waals surface area contributed by atoms with Gasteiger partial charge < -0.3 is 10.2 Å². The van der Waals surface area contributed by atoms with Gasteiger partial charge >= 0.3 is 0 Å². The molecule has 1 N–H and O–H groups in total. The molecule has 2 aromatic rings. The van der Waals surface area contributed by atoms with Crippen LogP contribution in [-0.2, 0) is 17.9 Å². The molecule has 150 valence electrons. The van der Waals surface area contributed by atoms with Crippen molar-refractivity contribution in [3.05, 3.63) is 47.8 Å². The van der Waals surface area contributed by atoms with Gasteiger partial charge in [-0.2, -0.15) is 0 Å². The van der Waals surface area contributed by atoms with E-state index in [-0.39, 0.29) is 23.8 Å². The molecule has 7 heteroatoms. The van der Waals surface area contributed by atoms with Gasteiger partial charge in [-0.1, -0.05) is 49.4 Å². The molecule has 1 aliphatic heterocycles. The molecule has 1 aromatic heterocycles. The summed E-state index contributed by atoms with van der Waals surface area (Å²) in [7, 11) is 0. The molecule has 0 aliphatic carbocycles. The SMILES string of the molecule is CCC(CC)C(=O)N1CCC[C@H]1Cn1cc(C(=O)NCc2ccccc2)nn1. The molecular formula is C21H29N5O2. The normalized spacial score (nSPS) is 16.5. The van der Waals surface area contributed by atoms with E-state index in [0.29, 0.717) is 18.8 Å². The van der Waals surface area contributed by atoms with Gasteiger partial charge in [0.05, 0.1) is 18.8 Å². The van der Waals surface area contributed by atoms with Crippen molar-refractivity contribution in [2.45, 2.75) is 58.7 Å². The zero-order chi connectivity index (χ0) is 19.9. The lowest BCUT2D eigenvalue weighted by Gasteiger charge is -2.28. The summed E-state index contributed by atoms with van der Waals surface area (Å²) in [6.07, 6.45) is 5.37. The van der Waals surface area contributed by atoms with Crippen LogP contribution in [0.4, 0.5) is 0 Å². The number of nitrogens with zero attached hydrogens (tertiary/aromatic N) is 4. The molecule has 7 nitrogen and oxygen atoms in total. The number of carbonyl (C=O) groups excluding carboxylic acids is 2. The lowest BCUT2D eigenvalue weighted by Crippen LogP contribution is -2.41. The third kappa shape index (κ3) is 4.77. The second-order valence-corrected chi connectivity index (χ2v) is 7.34. The standard InChI is InChI=1S/C21H29N5O2/c1-3-17(4-2)21(28)26-12-8-11-18(26)14-25-15-19(23-24-25)20(27)22-13-16-9-6-5-7-10-16/h5-7,9-10,15,17-18H,3-4,8,11-14H2,1-2H3,(H,22,27)/t18-/m0/s1. The molecule has 28 heavy (non-hydrogen) atoms. The summed E-state index contributed by atoms with van der Waals surface area (Å²) in [5.41, 5.74) is 1.33. The van der Waals surface area contributed by atoms with Gasteiger partial charge in [0.25, 0.3) is 5.91 Å². The zero-order valence-corrected chi connectivity index (χ0v) is 16.7. The summed E-state index contributed by atoms with van der Waals surface area (Å²) < 4.78 is 1.68. The Morgan fingerprint density at radius 1 is 1.21 bits per heavy atom. The summed E-state index contributed by atoms with van der Waals surface area (Å²) >= 11 is 0. The minimum Gasteiger partial charge on any atom is -0.347 e. The van der Waals surface area contributed by atoms with E-state index < -0.39 is 0 Å². The van der Waals surface area contributed by atoms with Crippen molar-refractivity contribution < 1.29 is 9.59 Å². The average Bonchev–Trinajstić information content (AvgIpc) is 3.38. The van der Waals surface area contributed by atoms with Crippen LogP contribution in [0.2, 0.25) is 0 Å². The fraction of sp³-hybridized carbons (Fsp3) is 0.524. The highest BCUT2D eigenvalue weighted by atomic mass is 16.2. The summed E-state index contributed by atoms with van der Waals surface area (Å²) in [5, 5.41) is 11.0. The first-order valence-electron chi connectivity index (χ1n) is 10.1. The van der Waals surface area contributed by atoms with Crippen molar-refractivity contribution in [1.82, 2.24) is 25.2 Å². The number of amides is 2. The number of likely N-dealkylation sites (tertiary alicyclic amines) is 1. The third-order valence-corrected chi connectivity index (χ3v) is 5.46. The highest BCUT2D eigenvalue weighted by Crippen LogP contribution is 2.23. The van der Waals surface area contributed by atoms with Gasteiger partial charge in [0.15, 0.2) is 5.69 Å². The van der Waals surface area contributed by atoms with Crippen LogP contribution >= 0.6 is 0 Å². The molecule has 2 heterocycles. The Bertz CT molecular complexity index is 785. The van der Waals surface area contributed by atoms with Gasteiger partial charge in [-0.05, 0) is 31.2 Å². The Labute approximate surface area is 166 Å². The molecule has 0 unspecified atom stereocenters. The molecule has 2 amide bonds. The Morgan fingerprint density at radius 2 is 1.96 bits per heavy atom. The maximum absolute atomic E-state index is 12.8. The van der Waals surface area contributed by atoms with E-state index in [9.17, 15) is 9.59 Å². The molecule has 1 saturated heterocycles. The maximum atomic E-state index is 12.8. The van der Waals surface area contributed by atoms with Crippen molar-refractivity contribution >= 4 is 11.8 Å². The molecule has 1 fully saturated rings. The zero-order valence-electron chi connectivity index (χ0n) is 16.7. The van der Waals surface area contributed by atoms with E-state index >= 15 is 0 Å². The lowest BCUT2D eigenvalue weighted by atomic mass is 10.0. The minimum absolute atomic E-state index is 0.0932. The average molecular weight is 383 g/mol. The van der Waals surface area contributed by atoms with Gasteiger partial charge in [-0.15, -0.1) is 5.10 Å². The molecule has 0 saturated carbocycles. The highest BCUT2D eigenvalue weighted by Gasteiger charge is 2.32. The first-order valence-corrected chi connectivity index (χ1v) is 10.1. The Balaban J connectivity index is 1.57. The van der Waals surface area contributed by atoms with Crippen molar-refractivity contribution in [1.29, 1.82) is 0 Å². The van der Waals surface area contributed by atoms with Crippen LogP contribution in [0.3, 0.4) is 0 Å². The molecule has 3 rings (SSSR count). The van der Waals surface area contributed by atoms with E-state index in [1.165, 1.54) is 0 Å². The Kier molecular flexibility index (Phi) is 6.79. The summed E-state index contributed by atoms with van der Waals surface area (Å²) in [6.45, 7) is 5.96. The van der Waals surface area contributed by atoms with E-state index in [1.54, 1.807) is 10.9 Å². The van der Waals surface area contributed by atoms with Gasteiger partial charge in [0.1, 0.15) is 0 Å². The quantitative estimate of drug-likeness (QED) is 0.760. The first kappa shape index (κ1) is 20.0. The summed E-state index contributed by atoms with van der Waals surface area (Å²) in [6, 6.07) is 9.86. The Hall–Kier alpha value is -2.70. The van der Waals surface area contributed by atoms with E-state index in [4.69, 9.17) is 0 Å². The second kappa shape index (κ2) is 9.48. The molecule has 1 atom stereocenters. The molecule has 1 aliphatic rings. The highest BCUT2D eigenvalue weighted by molar-refractivity contribution is 5.91. The smallest absolute Gasteiger partial charge is 0.273 e. The van der Waals surface area contributed by atoms with Crippen LogP contribution in [-0.4, -0.2) is 44.3 Å². The predicted octanol–water partition coefficient (Wildman–Crippen LogP) is 2.64. The van der Waals surface area contributed by atoms with E-state index in [0.717, 1.165) is 37.8 Å². The fourth-order valence-corrected chi connectivity index (χ4v) is 3.76. The monoisotopic (exact) mass is 383 g/mol. The van der Waals surface area contributed by atoms with E-state index in [2.05, 4.69) is 29.5 Å². The molecule has 0 bridgehead atoms. The van der Waals surface area contributed by atoms with E-state index in [1.807, 2.05) is 35.2 Å².